The Labute approximate surface area is 169 Å². The van der Waals surface area contributed by atoms with E-state index in [4.69, 9.17) is 14.1 Å². The van der Waals surface area contributed by atoms with Gasteiger partial charge in [0.05, 0.1) is 32.2 Å². The molecule has 0 saturated heterocycles. The lowest BCUT2D eigenvalue weighted by Gasteiger charge is -2.11. The first-order valence-electron chi connectivity index (χ1n) is 9.24. The van der Waals surface area contributed by atoms with Gasteiger partial charge in [0.1, 0.15) is 16.5 Å². The molecule has 0 spiro atoms. The van der Waals surface area contributed by atoms with Crippen LogP contribution in [0.5, 0.6) is 5.75 Å². The molecule has 0 saturated carbocycles. The fourth-order valence-corrected chi connectivity index (χ4v) is 3.48. The Morgan fingerprint density at radius 2 is 2.00 bits per heavy atom. The van der Waals surface area contributed by atoms with Crippen molar-refractivity contribution in [3.63, 3.8) is 0 Å². The Morgan fingerprint density at radius 1 is 1.18 bits per heavy atom. The van der Waals surface area contributed by atoms with Crippen molar-refractivity contribution in [2.24, 2.45) is 4.99 Å². The number of methoxy groups -OCH3 is 1. The van der Waals surface area contributed by atoms with E-state index in [1.807, 2.05) is 43.3 Å². The topological polar surface area (TPSA) is 71.7 Å². The van der Waals surface area contributed by atoms with E-state index in [9.17, 15) is 0 Å². The minimum Gasteiger partial charge on any atom is -0.497 e. The molecule has 0 unspecified atom stereocenters. The summed E-state index contributed by atoms with van der Waals surface area (Å²) < 4.78 is 10.6. The molecule has 2 N–H and O–H groups in total. The van der Waals surface area contributed by atoms with E-state index in [1.165, 1.54) is 4.88 Å². The Balaban J connectivity index is 1.61. The van der Waals surface area contributed by atoms with Gasteiger partial charge in [-0.25, -0.2) is 9.98 Å². The van der Waals surface area contributed by atoms with Gasteiger partial charge in [0.25, 0.3) is 0 Å². The molecule has 1 aromatic carbocycles. The smallest absolute Gasteiger partial charge is 0.191 e. The molecule has 0 aliphatic heterocycles. The second-order valence-electron chi connectivity index (χ2n) is 6.37. The van der Waals surface area contributed by atoms with Crippen LogP contribution in [0.25, 0.3) is 0 Å². The minimum absolute atomic E-state index is 0.579. The quantitative estimate of drug-likeness (QED) is 0.446. The number of thiazole rings is 1. The van der Waals surface area contributed by atoms with Gasteiger partial charge in [-0.2, -0.15) is 0 Å². The predicted molar refractivity (Wildman–Crippen MR) is 113 cm³/mol. The van der Waals surface area contributed by atoms with E-state index < -0.39 is 0 Å². The summed E-state index contributed by atoms with van der Waals surface area (Å²) in [6.07, 6.45) is 2.49. The molecule has 2 aromatic heterocycles. The van der Waals surface area contributed by atoms with Crippen molar-refractivity contribution >= 4 is 17.3 Å². The Kier molecular flexibility index (Phi) is 7.08. The number of nitrogens with zero attached hydrogens (tertiary/aromatic N) is 2. The Morgan fingerprint density at radius 3 is 2.64 bits per heavy atom. The minimum atomic E-state index is 0.579. The molecule has 0 amide bonds. The monoisotopic (exact) mass is 398 g/mol. The maximum Gasteiger partial charge on any atom is 0.191 e. The van der Waals surface area contributed by atoms with Crippen molar-refractivity contribution < 1.29 is 9.15 Å². The van der Waals surface area contributed by atoms with Crippen LogP contribution in [0.15, 0.2) is 52.1 Å². The van der Waals surface area contributed by atoms with Crippen LogP contribution in [-0.2, 0) is 19.5 Å². The highest BCUT2D eigenvalue weighted by molar-refractivity contribution is 7.11. The third kappa shape index (κ3) is 5.85. The molecule has 0 aliphatic rings. The predicted octanol–water partition coefficient (Wildman–Crippen LogP) is 3.84. The Hall–Kier alpha value is -2.80. The van der Waals surface area contributed by atoms with Crippen molar-refractivity contribution in [2.75, 3.05) is 13.7 Å². The zero-order valence-corrected chi connectivity index (χ0v) is 17.3. The van der Waals surface area contributed by atoms with Gasteiger partial charge in [0, 0.05) is 17.8 Å². The highest BCUT2D eigenvalue weighted by Crippen LogP contribution is 2.16. The summed E-state index contributed by atoms with van der Waals surface area (Å²) in [6, 6.07) is 11.8. The molecule has 6 nitrogen and oxygen atoms in total. The van der Waals surface area contributed by atoms with Crippen LogP contribution in [0, 0.1) is 13.8 Å². The third-order valence-electron chi connectivity index (χ3n) is 4.30. The third-order valence-corrected chi connectivity index (χ3v) is 5.38. The van der Waals surface area contributed by atoms with Crippen LogP contribution in [0.2, 0.25) is 0 Å². The first-order chi connectivity index (χ1) is 13.6. The van der Waals surface area contributed by atoms with Gasteiger partial charge in [-0.15, -0.1) is 11.3 Å². The number of hydrogen-bond donors (Lipinski definition) is 2. The van der Waals surface area contributed by atoms with Crippen LogP contribution in [-0.4, -0.2) is 24.6 Å². The van der Waals surface area contributed by atoms with Crippen molar-refractivity contribution in [3.05, 3.63) is 69.6 Å². The lowest BCUT2D eigenvalue weighted by atomic mass is 10.2. The average molecular weight is 399 g/mol. The van der Waals surface area contributed by atoms with Gasteiger partial charge in [-0.05, 0) is 43.7 Å². The number of ether oxygens (including phenoxy) is 1. The number of guanidine groups is 1. The standard InChI is InChI=1S/C21H26N4O2S/c1-15-16(2)28-20(25-15)14-24-21(22-11-10-19-5-4-12-27-19)23-13-17-6-8-18(26-3)9-7-17/h4-9,12H,10-11,13-14H2,1-3H3,(H2,22,23,24). The maximum atomic E-state index is 5.39. The number of aryl methyl sites for hydroxylation is 2. The van der Waals surface area contributed by atoms with Gasteiger partial charge in [0.2, 0.25) is 0 Å². The molecule has 0 atom stereocenters. The number of benzene rings is 1. The zero-order valence-electron chi connectivity index (χ0n) is 16.5. The number of furan rings is 1. The summed E-state index contributed by atoms with van der Waals surface area (Å²) >= 11 is 1.71. The Bertz CT molecular complexity index is 866. The summed E-state index contributed by atoms with van der Waals surface area (Å²) in [6.45, 7) is 6.09. The fourth-order valence-electron chi connectivity index (χ4n) is 2.61. The van der Waals surface area contributed by atoms with Crippen molar-refractivity contribution in [1.29, 1.82) is 0 Å². The summed E-state index contributed by atoms with van der Waals surface area (Å²) in [4.78, 5) is 10.5. The molecule has 0 radical (unpaired) electrons. The molecule has 7 heteroatoms. The normalized spacial score (nSPS) is 11.5. The number of nitrogens with one attached hydrogen (secondary N) is 2. The first kappa shape index (κ1) is 19.9. The van der Waals surface area contributed by atoms with E-state index >= 15 is 0 Å². The van der Waals surface area contributed by atoms with Crippen LogP contribution in [0.3, 0.4) is 0 Å². The summed E-state index contributed by atoms with van der Waals surface area (Å²) in [5.41, 5.74) is 2.21. The van der Waals surface area contributed by atoms with Gasteiger partial charge in [0.15, 0.2) is 5.96 Å². The molecule has 28 heavy (non-hydrogen) atoms. The second-order valence-corrected chi connectivity index (χ2v) is 7.66. The van der Waals surface area contributed by atoms with E-state index in [0.717, 1.165) is 46.7 Å². The van der Waals surface area contributed by atoms with E-state index in [0.29, 0.717) is 13.1 Å². The number of rotatable bonds is 8. The molecule has 0 fully saturated rings. The SMILES string of the molecule is COc1ccc(CN=C(NCCc2ccco2)NCc2nc(C)c(C)s2)cc1. The van der Waals surface area contributed by atoms with Crippen molar-refractivity contribution in [2.45, 2.75) is 33.4 Å². The summed E-state index contributed by atoms with van der Waals surface area (Å²) in [5.74, 6) is 2.55. The molecule has 2 heterocycles. The summed E-state index contributed by atoms with van der Waals surface area (Å²) in [5, 5.41) is 7.81. The molecular weight excluding hydrogens is 372 g/mol. The van der Waals surface area contributed by atoms with Crippen LogP contribution < -0.4 is 15.4 Å². The largest absolute Gasteiger partial charge is 0.497 e. The van der Waals surface area contributed by atoms with Crippen LogP contribution in [0.1, 0.15) is 26.9 Å². The second kappa shape index (κ2) is 9.94. The van der Waals surface area contributed by atoms with Crippen LogP contribution in [0.4, 0.5) is 0 Å². The first-order valence-corrected chi connectivity index (χ1v) is 10.1. The van der Waals surface area contributed by atoms with Crippen molar-refractivity contribution in [3.8, 4) is 5.75 Å². The van der Waals surface area contributed by atoms with Gasteiger partial charge in [-0.3, -0.25) is 0 Å². The highest BCUT2D eigenvalue weighted by Gasteiger charge is 2.06. The number of hydrogen-bond acceptors (Lipinski definition) is 5. The fraction of sp³-hybridized carbons (Fsp3) is 0.333. The molecule has 0 bridgehead atoms. The van der Waals surface area contributed by atoms with Gasteiger partial charge >= 0.3 is 0 Å². The summed E-state index contributed by atoms with van der Waals surface area (Å²) in [7, 11) is 1.67. The van der Waals surface area contributed by atoms with Crippen molar-refractivity contribution in [1.82, 2.24) is 15.6 Å². The molecule has 3 aromatic rings. The van der Waals surface area contributed by atoms with E-state index in [2.05, 4.69) is 22.5 Å². The lowest BCUT2D eigenvalue weighted by molar-refractivity contribution is 0.414. The molecule has 148 valence electrons. The average Bonchev–Trinajstić information content (AvgIpc) is 3.33. The lowest BCUT2D eigenvalue weighted by Crippen LogP contribution is -2.38. The number of aromatic nitrogens is 1. The molecular formula is C21H26N4O2S. The molecule has 3 rings (SSSR count). The van der Waals surface area contributed by atoms with Crippen LogP contribution >= 0.6 is 11.3 Å². The van der Waals surface area contributed by atoms with Gasteiger partial charge in [-0.1, -0.05) is 12.1 Å². The van der Waals surface area contributed by atoms with E-state index in [1.54, 1.807) is 24.7 Å². The molecule has 0 aliphatic carbocycles. The number of aliphatic imine (C=N–C) groups is 1. The van der Waals surface area contributed by atoms with Gasteiger partial charge < -0.3 is 19.8 Å². The van der Waals surface area contributed by atoms with E-state index in [-0.39, 0.29) is 0 Å². The zero-order chi connectivity index (χ0) is 19.8. The highest BCUT2D eigenvalue weighted by atomic mass is 32.1. The maximum absolute atomic E-state index is 5.39.